The van der Waals surface area contributed by atoms with E-state index < -0.39 is 0 Å². The van der Waals surface area contributed by atoms with Gasteiger partial charge >= 0.3 is 0 Å². The fourth-order valence-corrected chi connectivity index (χ4v) is 3.20. The average Bonchev–Trinajstić information content (AvgIpc) is 3.30. The number of nitrogens with zero attached hydrogens (tertiary/aromatic N) is 6. The minimum atomic E-state index is 0.451. The molecule has 0 unspecified atom stereocenters. The van der Waals surface area contributed by atoms with Crippen LogP contribution in [0.5, 0.6) is 0 Å². The molecule has 0 radical (unpaired) electrons. The molecule has 0 aromatic carbocycles. The van der Waals surface area contributed by atoms with Gasteiger partial charge in [-0.3, -0.25) is 4.40 Å². The van der Waals surface area contributed by atoms with E-state index >= 15 is 0 Å². The molecule has 0 saturated heterocycles. The Bertz CT molecular complexity index is 1080. The molecule has 6 nitrogen and oxygen atoms in total. The summed E-state index contributed by atoms with van der Waals surface area (Å²) in [6.45, 7) is 1.98. The molecule has 0 spiro atoms. The number of halogens is 1. The molecule has 0 atom stereocenters. The Labute approximate surface area is 149 Å². The molecular formula is C18H15ClN6. The molecule has 7 heteroatoms. The lowest BCUT2D eigenvalue weighted by molar-refractivity contribution is 0.813. The molecule has 1 saturated carbocycles. The molecular weight excluding hydrogens is 336 g/mol. The van der Waals surface area contributed by atoms with Gasteiger partial charge in [0.25, 0.3) is 0 Å². The number of rotatable bonds is 3. The second-order valence-electron chi connectivity index (χ2n) is 6.29. The van der Waals surface area contributed by atoms with Crippen molar-refractivity contribution in [2.24, 2.45) is 0 Å². The standard InChI is InChI=1S/C18H15ClN6/c1-11-16(24-10-13(19)7-8-15(24)21-11)18-22-17(12-5-6-12)23-25(18)14-4-2-3-9-20-14/h2-4,7-10,12H,5-6H2,1H3. The van der Waals surface area contributed by atoms with Crippen LogP contribution in [0.25, 0.3) is 23.0 Å². The Morgan fingerprint density at radius 1 is 1.12 bits per heavy atom. The van der Waals surface area contributed by atoms with Crippen LogP contribution >= 0.6 is 11.6 Å². The summed E-state index contributed by atoms with van der Waals surface area (Å²) in [5.41, 5.74) is 2.61. The van der Waals surface area contributed by atoms with Crippen molar-refractivity contribution < 1.29 is 0 Å². The van der Waals surface area contributed by atoms with Crippen molar-refractivity contribution in [1.29, 1.82) is 0 Å². The summed E-state index contributed by atoms with van der Waals surface area (Å²) in [7, 11) is 0. The molecule has 0 amide bonds. The van der Waals surface area contributed by atoms with Gasteiger partial charge in [-0.2, -0.15) is 4.68 Å². The Hall–Kier alpha value is -2.73. The van der Waals surface area contributed by atoms with Gasteiger partial charge < -0.3 is 0 Å². The van der Waals surface area contributed by atoms with Crippen LogP contribution in [-0.2, 0) is 0 Å². The van der Waals surface area contributed by atoms with E-state index in [2.05, 4.69) is 9.97 Å². The van der Waals surface area contributed by atoms with Gasteiger partial charge in [-0.25, -0.2) is 15.0 Å². The lowest BCUT2D eigenvalue weighted by Gasteiger charge is -2.06. The second kappa shape index (κ2) is 5.39. The normalized spacial score (nSPS) is 14.3. The molecule has 4 aromatic heterocycles. The molecule has 1 aliphatic carbocycles. The van der Waals surface area contributed by atoms with Crippen molar-refractivity contribution in [3.05, 3.63) is 59.3 Å². The number of pyridine rings is 2. The average molecular weight is 351 g/mol. The lowest BCUT2D eigenvalue weighted by Crippen LogP contribution is -2.04. The number of hydrogen-bond donors (Lipinski definition) is 0. The van der Waals surface area contributed by atoms with Gasteiger partial charge in [0.15, 0.2) is 17.5 Å². The van der Waals surface area contributed by atoms with Gasteiger partial charge in [-0.15, -0.1) is 5.10 Å². The third-order valence-electron chi connectivity index (χ3n) is 4.40. The van der Waals surface area contributed by atoms with Gasteiger partial charge in [0.2, 0.25) is 0 Å². The van der Waals surface area contributed by atoms with Crippen molar-refractivity contribution in [1.82, 2.24) is 29.1 Å². The highest BCUT2D eigenvalue weighted by atomic mass is 35.5. The van der Waals surface area contributed by atoms with Crippen LogP contribution in [0.15, 0.2) is 42.7 Å². The maximum Gasteiger partial charge on any atom is 0.183 e. The van der Waals surface area contributed by atoms with E-state index in [0.29, 0.717) is 10.9 Å². The SMILES string of the molecule is Cc1nc2ccc(Cl)cn2c1-c1nc(C2CC2)nn1-c1ccccn1. The Morgan fingerprint density at radius 3 is 2.76 bits per heavy atom. The summed E-state index contributed by atoms with van der Waals surface area (Å²) in [4.78, 5) is 13.9. The smallest absolute Gasteiger partial charge is 0.183 e. The maximum atomic E-state index is 6.21. The van der Waals surface area contributed by atoms with E-state index in [9.17, 15) is 0 Å². The fourth-order valence-electron chi connectivity index (χ4n) is 3.04. The zero-order valence-electron chi connectivity index (χ0n) is 13.6. The number of fused-ring (bicyclic) bond motifs is 1. The third-order valence-corrected chi connectivity index (χ3v) is 4.62. The Morgan fingerprint density at radius 2 is 2.00 bits per heavy atom. The van der Waals surface area contributed by atoms with E-state index in [4.69, 9.17) is 21.7 Å². The molecule has 4 aromatic rings. The van der Waals surface area contributed by atoms with Crippen LogP contribution in [0, 0.1) is 6.92 Å². The lowest BCUT2D eigenvalue weighted by atomic mass is 10.3. The van der Waals surface area contributed by atoms with Crippen LogP contribution in [0.4, 0.5) is 0 Å². The second-order valence-corrected chi connectivity index (χ2v) is 6.73. The third kappa shape index (κ3) is 2.41. The fraction of sp³-hybridized carbons (Fsp3) is 0.222. The predicted molar refractivity (Wildman–Crippen MR) is 95.1 cm³/mol. The van der Waals surface area contributed by atoms with Crippen LogP contribution < -0.4 is 0 Å². The summed E-state index contributed by atoms with van der Waals surface area (Å²) in [5.74, 6) is 2.81. The van der Waals surface area contributed by atoms with Gasteiger partial charge in [0, 0.05) is 18.3 Å². The van der Waals surface area contributed by atoms with Crippen molar-refractivity contribution in [2.75, 3.05) is 0 Å². The van der Waals surface area contributed by atoms with Gasteiger partial charge in [-0.1, -0.05) is 17.7 Å². The van der Waals surface area contributed by atoms with E-state index in [-0.39, 0.29) is 0 Å². The summed E-state index contributed by atoms with van der Waals surface area (Å²) >= 11 is 6.21. The topological polar surface area (TPSA) is 60.9 Å². The Kier molecular flexibility index (Phi) is 3.15. The van der Waals surface area contributed by atoms with Crippen molar-refractivity contribution in [3.8, 4) is 17.3 Å². The highest BCUT2D eigenvalue weighted by molar-refractivity contribution is 6.30. The van der Waals surface area contributed by atoms with Gasteiger partial charge in [0.05, 0.1) is 10.7 Å². The quantitative estimate of drug-likeness (QED) is 0.563. The summed E-state index contributed by atoms with van der Waals surface area (Å²) in [6, 6.07) is 9.51. The van der Waals surface area contributed by atoms with E-state index in [1.807, 2.05) is 52.5 Å². The first kappa shape index (κ1) is 14.6. The summed E-state index contributed by atoms with van der Waals surface area (Å²) in [5, 5.41) is 5.39. The first-order valence-electron chi connectivity index (χ1n) is 8.23. The molecule has 0 aliphatic heterocycles. The minimum absolute atomic E-state index is 0.451. The molecule has 25 heavy (non-hydrogen) atoms. The highest BCUT2D eigenvalue weighted by Gasteiger charge is 2.31. The Balaban J connectivity index is 1.79. The number of imidazole rings is 1. The van der Waals surface area contributed by atoms with Crippen molar-refractivity contribution >= 4 is 17.2 Å². The maximum absolute atomic E-state index is 6.21. The molecule has 0 bridgehead atoms. The molecule has 1 fully saturated rings. The number of aromatic nitrogens is 6. The van der Waals surface area contributed by atoms with Gasteiger partial charge in [0.1, 0.15) is 11.3 Å². The largest absolute Gasteiger partial charge is 0.295 e. The van der Waals surface area contributed by atoms with Crippen molar-refractivity contribution in [2.45, 2.75) is 25.7 Å². The molecule has 5 rings (SSSR count). The zero-order valence-corrected chi connectivity index (χ0v) is 14.4. The van der Waals surface area contributed by atoms with E-state index in [0.717, 1.165) is 47.3 Å². The molecule has 1 aliphatic rings. The molecule has 0 N–H and O–H groups in total. The first-order chi connectivity index (χ1) is 12.2. The zero-order chi connectivity index (χ0) is 17.0. The van der Waals surface area contributed by atoms with E-state index in [1.165, 1.54) is 0 Å². The molecule has 124 valence electrons. The number of aryl methyl sites for hydroxylation is 1. The van der Waals surface area contributed by atoms with E-state index in [1.54, 1.807) is 6.20 Å². The highest BCUT2D eigenvalue weighted by Crippen LogP contribution is 2.39. The summed E-state index contributed by atoms with van der Waals surface area (Å²) in [6.07, 6.45) is 5.91. The predicted octanol–water partition coefficient (Wildman–Crippen LogP) is 3.82. The minimum Gasteiger partial charge on any atom is -0.295 e. The van der Waals surface area contributed by atoms with Crippen LogP contribution in [-0.4, -0.2) is 29.1 Å². The number of hydrogen-bond acceptors (Lipinski definition) is 4. The summed E-state index contributed by atoms with van der Waals surface area (Å²) < 4.78 is 3.78. The van der Waals surface area contributed by atoms with Gasteiger partial charge in [-0.05, 0) is 44.0 Å². The van der Waals surface area contributed by atoms with Crippen LogP contribution in [0.3, 0.4) is 0 Å². The van der Waals surface area contributed by atoms with Crippen molar-refractivity contribution in [3.63, 3.8) is 0 Å². The molecule has 4 heterocycles. The monoisotopic (exact) mass is 350 g/mol. The van der Waals surface area contributed by atoms with Crippen LogP contribution in [0.1, 0.15) is 30.3 Å². The van der Waals surface area contributed by atoms with Crippen LogP contribution in [0.2, 0.25) is 5.02 Å². The first-order valence-corrected chi connectivity index (χ1v) is 8.61.